The molecular formula is C14H25BF3N2O4. The number of hydrogen-bond acceptors (Lipinski definition) is 4. The second-order valence-corrected chi connectivity index (χ2v) is 6.86. The smallest absolute Gasteiger partial charge is 0.401 e. The van der Waals surface area contributed by atoms with Crippen molar-refractivity contribution in [3.8, 4) is 0 Å². The third-order valence-electron chi connectivity index (χ3n) is 5.37. The first-order valence-corrected chi connectivity index (χ1v) is 7.95. The highest BCUT2D eigenvalue weighted by molar-refractivity contribution is 6.25. The normalized spacial score (nSPS) is 35.4. The maximum Gasteiger partial charge on any atom is 0.401 e. The van der Waals surface area contributed by atoms with E-state index in [4.69, 9.17) is 10.8 Å². The molecule has 2 aliphatic rings. The first kappa shape index (κ1) is 21.2. The van der Waals surface area contributed by atoms with E-state index in [1.54, 1.807) is 0 Å². The van der Waals surface area contributed by atoms with Gasteiger partial charge in [0, 0.05) is 6.04 Å². The SMILES string of the molecule is N[C@@]1(C(=O)O)C[C@H]2C[C@H](NCC(F)(F)F)C[C@H]2[C@@H]1CCC[B]O.O. The van der Waals surface area contributed by atoms with Crippen molar-refractivity contribution in [1.82, 2.24) is 5.32 Å². The summed E-state index contributed by atoms with van der Waals surface area (Å²) in [4.78, 5) is 11.6. The number of carboxylic acid groups (broad SMARTS) is 1. The van der Waals surface area contributed by atoms with E-state index < -0.39 is 24.2 Å². The Hall–Kier alpha value is -0.835. The lowest BCUT2D eigenvalue weighted by molar-refractivity contribution is -0.145. The van der Waals surface area contributed by atoms with Crippen LogP contribution in [0.3, 0.4) is 0 Å². The minimum atomic E-state index is -4.24. The van der Waals surface area contributed by atoms with E-state index in [9.17, 15) is 23.1 Å². The molecule has 2 saturated carbocycles. The van der Waals surface area contributed by atoms with E-state index in [1.807, 2.05) is 0 Å². The Morgan fingerprint density at radius 1 is 1.38 bits per heavy atom. The summed E-state index contributed by atoms with van der Waals surface area (Å²) < 4.78 is 37.0. The third kappa shape index (κ3) is 4.62. The minimum Gasteiger partial charge on any atom is -0.480 e. The van der Waals surface area contributed by atoms with Gasteiger partial charge >= 0.3 is 12.1 Å². The predicted octanol–water partition coefficient (Wildman–Crippen LogP) is 0.320. The van der Waals surface area contributed by atoms with Crippen LogP contribution < -0.4 is 11.1 Å². The number of nitrogens with two attached hydrogens (primary N) is 1. The molecule has 10 heteroatoms. The molecule has 24 heavy (non-hydrogen) atoms. The van der Waals surface area contributed by atoms with E-state index in [1.165, 1.54) is 0 Å². The predicted molar refractivity (Wildman–Crippen MR) is 82.3 cm³/mol. The highest BCUT2D eigenvalue weighted by Crippen LogP contribution is 2.53. The molecule has 0 aromatic rings. The molecule has 0 aromatic carbocycles. The molecule has 2 aliphatic carbocycles. The molecule has 139 valence electrons. The molecule has 7 N–H and O–H groups in total. The van der Waals surface area contributed by atoms with Gasteiger partial charge in [0.2, 0.25) is 0 Å². The molecule has 0 heterocycles. The number of halogens is 3. The first-order valence-electron chi connectivity index (χ1n) is 7.95. The van der Waals surface area contributed by atoms with Gasteiger partial charge in [-0.1, -0.05) is 12.7 Å². The molecule has 0 amide bonds. The summed E-state index contributed by atoms with van der Waals surface area (Å²) in [5.74, 6) is -1.22. The van der Waals surface area contributed by atoms with E-state index in [2.05, 4.69) is 5.32 Å². The molecule has 0 aliphatic heterocycles. The van der Waals surface area contributed by atoms with Gasteiger partial charge in [0.05, 0.1) is 6.54 Å². The Bertz CT molecular complexity index is 441. The van der Waals surface area contributed by atoms with Crippen LogP contribution in [0.2, 0.25) is 6.32 Å². The first-order chi connectivity index (χ1) is 10.7. The summed E-state index contributed by atoms with van der Waals surface area (Å²) in [6.45, 7) is -1.02. The lowest BCUT2D eigenvalue weighted by Gasteiger charge is -2.31. The monoisotopic (exact) mass is 353 g/mol. The van der Waals surface area contributed by atoms with E-state index in [-0.39, 0.29) is 29.3 Å². The highest BCUT2D eigenvalue weighted by Gasteiger charge is 2.58. The summed E-state index contributed by atoms with van der Waals surface area (Å²) in [5.41, 5.74) is 4.83. The van der Waals surface area contributed by atoms with Crippen molar-refractivity contribution in [2.45, 2.75) is 56.2 Å². The summed E-state index contributed by atoms with van der Waals surface area (Å²) >= 11 is 0. The Balaban J connectivity index is 0.00000288. The fourth-order valence-electron chi connectivity index (χ4n) is 4.43. The number of aliphatic carboxylic acids is 1. The quantitative estimate of drug-likeness (QED) is 0.387. The zero-order valence-corrected chi connectivity index (χ0v) is 13.4. The van der Waals surface area contributed by atoms with Crippen LogP contribution in [0, 0.1) is 17.8 Å². The molecule has 0 aromatic heterocycles. The Morgan fingerprint density at radius 2 is 2.04 bits per heavy atom. The molecule has 2 fully saturated rings. The van der Waals surface area contributed by atoms with E-state index in [0.717, 1.165) is 7.48 Å². The van der Waals surface area contributed by atoms with Gasteiger partial charge in [-0.15, -0.1) is 0 Å². The molecule has 6 nitrogen and oxygen atoms in total. The minimum absolute atomic E-state index is 0. The molecule has 0 unspecified atom stereocenters. The van der Waals surface area contributed by atoms with Gasteiger partial charge in [-0.25, -0.2) is 0 Å². The van der Waals surface area contributed by atoms with Crippen molar-refractivity contribution >= 4 is 13.5 Å². The van der Waals surface area contributed by atoms with Crippen LogP contribution in [0.1, 0.15) is 32.1 Å². The standard InChI is InChI=1S/C14H23BF3N2O3.H2O/c16-14(17,18)7-20-9-4-8-6-13(19,12(21)22)11(10(8)5-9)2-1-3-15-23;/h8-11,20,23H,1-7,19H2,(H,21,22);1H2/t8-,9+,10-,11+,13+;/m1./s1. The van der Waals surface area contributed by atoms with Crippen LogP contribution in [0.25, 0.3) is 0 Å². The van der Waals surface area contributed by atoms with Crippen LogP contribution in [0.15, 0.2) is 0 Å². The number of alkyl halides is 3. The van der Waals surface area contributed by atoms with Crippen molar-refractivity contribution in [3.05, 3.63) is 0 Å². The van der Waals surface area contributed by atoms with Crippen LogP contribution in [-0.2, 0) is 4.79 Å². The van der Waals surface area contributed by atoms with Crippen LogP contribution in [0.5, 0.6) is 0 Å². The van der Waals surface area contributed by atoms with Crippen molar-refractivity contribution < 1.29 is 33.6 Å². The van der Waals surface area contributed by atoms with Gasteiger partial charge in [0.25, 0.3) is 7.48 Å². The second kappa shape index (κ2) is 8.03. The zero-order chi connectivity index (χ0) is 17.3. The number of carbonyl (C=O) groups is 1. The molecule has 0 saturated heterocycles. The fraction of sp³-hybridized carbons (Fsp3) is 0.929. The number of carboxylic acids is 1. The van der Waals surface area contributed by atoms with Crippen LogP contribution in [-0.4, -0.2) is 53.4 Å². The Kier molecular flexibility index (Phi) is 7.10. The highest BCUT2D eigenvalue weighted by atomic mass is 19.4. The summed E-state index contributed by atoms with van der Waals surface area (Å²) in [5, 5.41) is 20.8. The molecular weight excluding hydrogens is 328 g/mol. The van der Waals surface area contributed by atoms with Gasteiger partial charge in [-0.05, 0) is 43.4 Å². The molecule has 0 bridgehead atoms. The largest absolute Gasteiger partial charge is 0.480 e. The number of nitrogens with one attached hydrogen (secondary N) is 1. The Morgan fingerprint density at radius 3 is 2.58 bits per heavy atom. The van der Waals surface area contributed by atoms with Crippen molar-refractivity contribution in [2.24, 2.45) is 23.5 Å². The van der Waals surface area contributed by atoms with E-state index >= 15 is 0 Å². The van der Waals surface area contributed by atoms with Gasteiger partial charge in [0.1, 0.15) is 5.54 Å². The summed E-state index contributed by atoms with van der Waals surface area (Å²) in [7, 11) is 1.04. The number of fused-ring (bicyclic) bond motifs is 1. The van der Waals surface area contributed by atoms with Crippen molar-refractivity contribution in [1.29, 1.82) is 0 Å². The topological polar surface area (TPSA) is 127 Å². The second-order valence-electron chi connectivity index (χ2n) is 6.86. The summed E-state index contributed by atoms with van der Waals surface area (Å²) in [6.07, 6.45) is -1.23. The number of rotatable bonds is 7. The van der Waals surface area contributed by atoms with Gasteiger partial charge < -0.3 is 26.7 Å². The third-order valence-corrected chi connectivity index (χ3v) is 5.37. The van der Waals surface area contributed by atoms with Gasteiger partial charge in [-0.3, -0.25) is 4.79 Å². The average Bonchev–Trinajstić information content (AvgIpc) is 2.93. The van der Waals surface area contributed by atoms with Gasteiger partial charge in [0.15, 0.2) is 0 Å². The molecule has 1 radical (unpaired) electrons. The van der Waals surface area contributed by atoms with Crippen molar-refractivity contribution in [2.75, 3.05) is 6.54 Å². The molecule has 2 rings (SSSR count). The van der Waals surface area contributed by atoms with Crippen LogP contribution >= 0.6 is 0 Å². The maximum absolute atomic E-state index is 12.3. The zero-order valence-electron chi connectivity index (χ0n) is 13.4. The Labute approximate surface area is 139 Å². The lowest BCUT2D eigenvalue weighted by atomic mass is 9.77. The van der Waals surface area contributed by atoms with Gasteiger partial charge in [-0.2, -0.15) is 13.2 Å². The average molecular weight is 353 g/mol. The fourth-order valence-corrected chi connectivity index (χ4v) is 4.43. The van der Waals surface area contributed by atoms with Crippen molar-refractivity contribution in [3.63, 3.8) is 0 Å². The lowest BCUT2D eigenvalue weighted by Crippen LogP contribution is -2.52. The maximum atomic E-state index is 12.3. The summed E-state index contributed by atoms with van der Waals surface area (Å²) in [6, 6.07) is -0.239. The molecule has 0 spiro atoms. The number of hydrogen-bond donors (Lipinski definition) is 4. The van der Waals surface area contributed by atoms with E-state index in [0.29, 0.717) is 38.4 Å². The van der Waals surface area contributed by atoms with Crippen LogP contribution in [0.4, 0.5) is 13.2 Å². The molecule has 5 atom stereocenters.